The summed E-state index contributed by atoms with van der Waals surface area (Å²) >= 11 is 0. The van der Waals surface area contributed by atoms with Crippen molar-refractivity contribution in [3.05, 3.63) is 0 Å². The lowest BCUT2D eigenvalue weighted by Crippen LogP contribution is -2.49. The predicted octanol–water partition coefficient (Wildman–Crippen LogP) is 7.57. The van der Waals surface area contributed by atoms with E-state index >= 15 is 0 Å². The maximum atomic E-state index is 10.2. The van der Waals surface area contributed by atoms with Crippen LogP contribution in [0.3, 0.4) is 0 Å². The summed E-state index contributed by atoms with van der Waals surface area (Å²) in [5.74, 6) is 9.15. The normalized spacial score (nSPS) is 47.8. The fraction of sp³-hybridized carbons (Fsp3) is 1.00. The SMILES string of the molecule is CC(C)[C@@H](C)[C@H](C)C[C@@H](C)C1CCC2C3CC[C@H]4CC(O)CCC4C3CCC21C. The van der Waals surface area contributed by atoms with Crippen LogP contribution in [-0.2, 0) is 0 Å². The highest BCUT2D eigenvalue weighted by atomic mass is 16.3. The van der Waals surface area contributed by atoms with E-state index in [1.165, 1.54) is 51.4 Å². The molecule has 7 unspecified atom stereocenters. The molecule has 0 aromatic heterocycles. The van der Waals surface area contributed by atoms with Gasteiger partial charge < -0.3 is 5.11 Å². The molecule has 0 heterocycles. The molecule has 0 amide bonds. The highest BCUT2D eigenvalue weighted by Gasteiger charge is 2.57. The van der Waals surface area contributed by atoms with Crippen molar-refractivity contribution in [3.63, 3.8) is 0 Å². The second-order valence-electron chi connectivity index (χ2n) is 12.9. The summed E-state index contributed by atoms with van der Waals surface area (Å²) in [6, 6.07) is 0. The van der Waals surface area contributed by atoms with Gasteiger partial charge in [0.05, 0.1) is 6.10 Å². The van der Waals surface area contributed by atoms with Crippen LogP contribution >= 0.6 is 0 Å². The zero-order valence-electron chi connectivity index (χ0n) is 20.4. The van der Waals surface area contributed by atoms with Gasteiger partial charge in [-0.25, -0.2) is 0 Å². The number of hydrogen-bond donors (Lipinski definition) is 1. The van der Waals surface area contributed by atoms with Gasteiger partial charge in [0.15, 0.2) is 0 Å². The molecule has 4 aliphatic rings. The standard InChI is InChI=1S/C28H50O/c1-17(2)20(5)18(3)15-19(4)26-11-12-27-25-9-7-21-16-22(29)8-10-23(21)24(25)13-14-28(26,27)6/h17-27,29H,7-16H2,1-6H3/t18-,19-,20-,21+,22?,23?,24?,25?,26?,27?,28?/m1/s1. The van der Waals surface area contributed by atoms with E-state index in [-0.39, 0.29) is 6.10 Å². The Labute approximate surface area is 181 Å². The molecule has 4 aliphatic carbocycles. The summed E-state index contributed by atoms with van der Waals surface area (Å²) < 4.78 is 0. The van der Waals surface area contributed by atoms with Crippen LogP contribution in [0.4, 0.5) is 0 Å². The molecule has 29 heavy (non-hydrogen) atoms. The molecule has 11 atom stereocenters. The van der Waals surface area contributed by atoms with Crippen LogP contribution in [0.1, 0.15) is 106 Å². The van der Waals surface area contributed by atoms with E-state index in [9.17, 15) is 5.11 Å². The third kappa shape index (κ3) is 3.96. The Bertz CT molecular complexity index is 555. The lowest BCUT2D eigenvalue weighted by atomic mass is 9.49. The maximum absolute atomic E-state index is 10.2. The van der Waals surface area contributed by atoms with Crippen LogP contribution in [0, 0.1) is 64.6 Å². The average Bonchev–Trinajstić information content (AvgIpc) is 3.04. The van der Waals surface area contributed by atoms with Crippen LogP contribution in [0.15, 0.2) is 0 Å². The minimum atomic E-state index is 0.00795. The summed E-state index contributed by atoms with van der Waals surface area (Å²) in [6.45, 7) is 15.1. The third-order valence-electron chi connectivity index (χ3n) is 11.4. The molecule has 1 heteroatoms. The van der Waals surface area contributed by atoms with Crippen LogP contribution in [0.25, 0.3) is 0 Å². The molecule has 0 aromatic rings. The van der Waals surface area contributed by atoms with Crippen molar-refractivity contribution in [1.82, 2.24) is 0 Å². The van der Waals surface area contributed by atoms with Gasteiger partial charge in [0.1, 0.15) is 0 Å². The second-order valence-corrected chi connectivity index (χ2v) is 12.9. The van der Waals surface area contributed by atoms with Crippen molar-refractivity contribution in [2.24, 2.45) is 64.6 Å². The van der Waals surface area contributed by atoms with E-state index in [0.29, 0.717) is 5.41 Å². The summed E-state index contributed by atoms with van der Waals surface area (Å²) in [7, 11) is 0. The Morgan fingerprint density at radius 1 is 0.828 bits per heavy atom. The van der Waals surface area contributed by atoms with Crippen LogP contribution < -0.4 is 0 Å². The fourth-order valence-corrected chi connectivity index (χ4v) is 9.43. The van der Waals surface area contributed by atoms with Gasteiger partial charge in [-0.1, -0.05) is 41.5 Å². The Morgan fingerprint density at radius 3 is 2.28 bits per heavy atom. The van der Waals surface area contributed by atoms with Gasteiger partial charge in [-0.05, 0) is 129 Å². The number of rotatable bonds is 5. The monoisotopic (exact) mass is 402 g/mol. The molecule has 0 spiro atoms. The zero-order valence-corrected chi connectivity index (χ0v) is 20.4. The largest absolute Gasteiger partial charge is 0.393 e. The quantitative estimate of drug-likeness (QED) is 0.502. The summed E-state index contributed by atoms with van der Waals surface area (Å²) in [4.78, 5) is 0. The highest BCUT2D eigenvalue weighted by molar-refractivity contribution is 5.06. The Hall–Kier alpha value is -0.0400. The third-order valence-corrected chi connectivity index (χ3v) is 11.4. The van der Waals surface area contributed by atoms with E-state index in [1.807, 2.05) is 0 Å². The molecule has 168 valence electrons. The van der Waals surface area contributed by atoms with E-state index in [0.717, 1.165) is 72.0 Å². The van der Waals surface area contributed by atoms with Gasteiger partial charge in [0, 0.05) is 0 Å². The van der Waals surface area contributed by atoms with Gasteiger partial charge in [-0.15, -0.1) is 0 Å². The van der Waals surface area contributed by atoms with Crippen molar-refractivity contribution in [3.8, 4) is 0 Å². The van der Waals surface area contributed by atoms with Crippen LogP contribution in [0.5, 0.6) is 0 Å². The van der Waals surface area contributed by atoms with Gasteiger partial charge in [-0.3, -0.25) is 0 Å². The first kappa shape index (κ1) is 22.2. The summed E-state index contributed by atoms with van der Waals surface area (Å²) in [6.07, 6.45) is 13.8. The van der Waals surface area contributed by atoms with Gasteiger partial charge in [0.25, 0.3) is 0 Å². The topological polar surface area (TPSA) is 20.2 Å². The minimum absolute atomic E-state index is 0.00795. The molecular formula is C28H50O. The van der Waals surface area contributed by atoms with E-state index < -0.39 is 0 Å². The summed E-state index contributed by atoms with van der Waals surface area (Å²) in [5, 5.41) is 10.2. The second kappa shape index (κ2) is 8.48. The summed E-state index contributed by atoms with van der Waals surface area (Å²) in [5.41, 5.74) is 0.613. The van der Waals surface area contributed by atoms with Crippen molar-refractivity contribution < 1.29 is 5.11 Å². The van der Waals surface area contributed by atoms with Crippen LogP contribution in [0.2, 0.25) is 0 Å². The molecule has 0 aromatic carbocycles. The number of aliphatic hydroxyl groups excluding tert-OH is 1. The minimum Gasteiger partial charge on any atom is -0.393 e. The van der Waals surface area contributed by atoms with Crippen molar-refractivity contribution >= 4 is 0 Å². The van der Waals surface area contributed by atoms with Crippen molar-refractivity contribution in [2.75, 3.05) is 0 Å². The predicted molar refractivity (Wildman–Crippen MR) is 124 cm³/mol. The zero-order chi connectivity index (χ0) is 20.9. The molecular weight excluding hydrogens is 352 g/mol. The lowest BCUT2D eigenvalue weighted by molar-refractivity contribution is -0.0828. The lowest BCUT2D eigenvalue weighted by Gasteiger charge is -2.56. The van der Waals surface area contributed by atoms with E-state index in [2.05, 4.69) is 41.5 Å². The molecule has 4 fully saturated rings. The molecule has 4 rings (SSSR count). The number of fused-ring (bicyclic) bond motifs is 5. The average molecular weight is 403 g/mol. The molecule has 0 aliphatic heterocycles. The Morgan fingerprint density at radius 2 is 1.55 bits per heavy atom. The van der Waals surface area contributed by atoms with Crippen molar-refractivity contribution in [2.45, 2.75) is 112 Å². The first-order valence-electron chi connectivity index (χ1n) is 13.4. The first-order valence-corrected chi connectivity index (χ1v) is 13.4. The maximum Gasteiger partial charge on any atom is 0.0543 e. The molecule has 0 bridgehead atoms. The Kier molecular flexibility index (Phi) is 6.48. The van der Waals surface area contributed by atoms with Gasteiger partial charge in [-0.2, -0.15) is 0 Å². The highest BCUT2D eigenvalue weighted by Crippen LogP contribution is 2.65. The molecule has 1 nitrogen and oxygen atoms in total. The van der Waals surface area contributed by atoms with E-state index in [4.69, 9.17) is 0 Å². The molecule has 0 saturated heterocycles. The van der Waals surface area contributed by atoms with Crippen molar-refractivity contribution in [1.29, 1.82) is 0 Å². The molecule has 1 N–H and O–H groups in total. The van der Waals surface area contributed by atoms with Crippen LogP contribution in [-0.4, -0.2) is 11.2 Å². The Balaban J connectivity index is 1.44. The number of aliphatic hydroxyl groups is 1. The van der Waals surface area contributed by atoms with Gasteiger partial charge in [0.2, 0.25) is 0 Å². The first-order chi connectivity index (χ1) is 13.7. The molecule has 0 radical (unpaired) electrons. The number of hydrogen-bond acceptors (Lipinski definition) is 1. The fourth-order valence-electron chi connectivity index (χ4n) is 9.43. The molecule has 4 saturated carbocycles. The van der Waals surface area contributed by atoms with Gasteiger partial charge >= 0.3 is 0 Å². The smallest absolute Gasteiger partial charge is 0.0543 e. The van der Waals surface area contributed by atoms with E-state index in [1.54, 1.807) is 0 Å².